The van der Waals surface area contributed by atoms with Crippen LogP contribution in [0.1, 0.15) is 28.1 Å². The molecule has 24 heavy (non-hydrogen) atoms. The Morgan fingerprint density at radius 1 is 1.04 bits per heavy atom. The monoisotopic (exact) mass is 321 g/mol. The molecule has 1 aromatic heterocycles. The van der Waals surface area contributed by atoms with E-state index in [1.807, 2.05) is 43.5 Å². The van der Waals surface area contributed by atoms with Crippen molar-refractivity contribution >= 4 is 22.6 Å². The van der Waals surface area contributed by atoms with E-state index in [-0.39, 0.29) is 12.5 Å². The second-order valence-electron chi connectivity index (χ2n) is 6.47. The topological polar surface area (TPSA) is 46.9 Å². The van der Waals surface area contributed by atoms with Gasteiger partial charge in [0.1, 0.15) is 12.4 Å². The number of hydrogen-bond acceptors (Lipinski definition) is 2. The number of fused-ring (bicyclic) bond motifs is 1. The van der Waals surface area contributed by atoms with E-state index in [0.29, 0.717) is 0 Å². The summed E-state index contributed by atoms with van der Waals surface area (Å²) in [6.45, 7) is 10.4. The van der Waals surface area contributed by atoms with Gasteiger partial charge in [-0.3, -0.25) is 4.79 Å². The number of nitrogens with zero attached hydrogens (tertiary/aromatic N) is 2. The number of carbonyl (C=O) groups is 1. The second kappa shape index (κ2) is 6.11. The lowest BCUT2D eigenvalue weighted by atomic mass is 10.1. The van der Waals surface area contributed by atoms with Crippen LogP contribution < -0.4 is 5.32 Å². The molecule has 0 aliphatic heterocycles. The summed E-state index contributed by atoms with van der Waals surface area (Å²) in [5.41, 5.74) is 7.51. The number of aromatic nitrogens is 2. The molecule has 0 fully saturated rings. The van der Waals surface area contributed by atoms with Gasteiger partial charge in [0, 0.05) is 5.69 Å². The van der Waals surface area contributed by atoms with Gasteiger partial charge in [-0.1, -0.05) is 12.1 Å². The number of imidazole rings is 1. The fraction of sp³-hybridized carbons (Fsp3) is 0.300. The van der Waals surface area contributed by atoms with Gasteiger partial charge in [0.05, 0.1) is 11.0 Å². The van der Waals surface area contributed by atoms with Crippen molar-refractivity contribution in [2.24, 2.45) is 0 Å². The van der Waals surface area contributed by atoms with Gasteiger partial charge in [-0.2, -0.15) is 0 Å². The van der Waals surface area contributed by atoms with E-state index in [1.165, 1.54) is 16.7 Å². The van der Waals surface area contributed by atoms with Crippen LogP contribution in [0.3, 0.4) is 0 Å². The van der Waals surface area contributed by atoms with Crippen molar-refractivity contribution in [1.29, 1.82) is 0 Å². The molecule has 3 rings (SSSR count). The Balaban J connectivity index is 1.89. The number of benzene rings is 2. The highest BCUT2D eigenvalue weighted by Crippen LogP contribution is 2.21. The van der Waals surface area contributed by atoms with Gasteiger partial charge in [0.25, 0.3) is 0 Å². The summed E-state index contributed by atoms with van der Waals surface area (Å²) >= 11 is 0. The number of hydrogen-bond donors (Lipinski definition) is 1. The largest absolute Gasteiger partial charge is 0.324 e. The third-order valence-corrected chi connectivity index (χ3v) is 4.74. The molecule has 124 valence electrons. The summed E-state index contributed by atoms with van der Waals surface area (Å²) in [6, 6.07) is 10.1. The summed E-state index contributed by atoms with van der Waals surface area (Å²) in [5, 5.41) is 3.02. The highest BCUT2D eigenvalue weighted by Gasteiger charge is 2.13. The molecule has 0 unspecified atom stereocenters. The lowest BCUT2D eigenvalue weighted by Crippen LogP contribution is -2.20. The van der Waals surface area contributed by atoms with Crippen LogP contribution in [0.25, 0.3) is 11.0 Å². The van der Waals surface area contributed by atoms with Crippen LogP contribution in [0.15, 0.2) is 30.3 Å². The van der Waals surface area contributed by atoms with E-state index in [1.54, 1.807) is 0 Å². The van der Waals surface area contributed by atoms with Crippen LogP contribution in [0, 0.1) is 34.6 Å². The van der Waals surface area contributed by atoms with Crippen LogP contribution in [0.5, 0.6) is 0 Å². The Morgan fingerprint density at radius 3 is 2.50 bits per heavy atom. The number of anilines is 1. The Labute approximate surface area is 142 Å². The maximum atomic E-state index is 12.5. The smallest absolute Gasteiger partial charge is 0.244 e. The van der Waals surface area contributed by atoms with Crippen LogP contribution in [-0.2, 0) is 11.3 Å². The number of rotatable bonds is 3. The molecular weight excluding hydrogens is 298 g/mol. The van der Waals surface area contributed by atoms with Crippen molar-refractivity contribution in [3.05, 3.63) is 58.4 Å². The summed E-state index contributed by atoms with van der Waals surface area (Å²) in [7, 11) is 0. The predicted octanol–water partition coefficient (Wildman–Crippen LogP) is 4.22. The van der Waals surface area contributed by atoms with E-state index in [2.05, 4.69) is 36.3 Å². The molecule has 0 radical (unpaired) electrons. The quantitative estimate of drug-likeness (QED) is 0.785. The molecule has 2 aromatic carbocycles. The minimum atomic E-state index is -0.0377. The van der Waals surface area contributed by atoms with Crippen molar-refractivity contribution in [2.45, 2.75) is 41.2 Å². The standard InChI is InChI=1S/C20H23N3O/c1-12-7-6-8-17(15(12)4)22-20(24)11-23-16(5)21-18-9-13(2)14(3)10-19(18)23/h6-10H,11H2,1-5H3,(H,22,24). The molecule has 4 nitrogen and oxygen atoms in total. The first kappa shape index (κ1) is 16.2. The molecular formula is C20H23N3O. The van der Waals surface area contributed by atoms with Gasteiger partial charge < -0.3 is 9.88 Å². The zero-order chi connectivity index (χ0) is 17.4. The minimum Gasteiger partial charge on any atom is -0.324 e. The second-order valence-corrected chi connectivity index (χ2v) is 6.47. The maximum Gasteiger partial charge on any atom is 0.244 e. The lowest BCUT2D eigenvalue weighted by Gasteiger charge is -2.12. The van der Waals surface area contributed by atoms with E-state index in [0.717, 1.165) is 28.1 Å². The normalized spacial score (nSPS) is 11.0. The first-order chi connectivity index (χ1) is 11.4. The SMILES string of the molecule is Cc1cc2nc(C)n(CC(=O)Nc3cccc(C)c3C)c2cc1C. The number of aryl methyl sites for hydroxylation is 4. The van der Waals surface area contributed by atoms with Crippen LogP contribution in [0.2, 0.25) is 0 Å². The Bertz CT molecular complexity index is 938. The summed E-state index contributed by atoms with van der Waals surface area (Å²) in [4.78, 5) is 17.1. The first-order valence-corrected chi connectivity index (χ1v) is 8.17. The molecule has 3 aromatic rings. The van der Waals surface area contributed by atoms with E-state index in [9.17, 15) is 4.79 Å². The first-order valence-electron chi connectivity index (χ1n) is 8.17. The average Bonchev–Trinajstić information content (AvgIpc) is 2.80. The zero-order valence-corrected chi connectivity index (χ0v) is 14.9. The summed E-state index contributed by atoms with van der Waals surface area (Å²) in [6.07, 6.45) is 0. The van der Waals surface area contributed by atoms with Gasteiger partial charge in [0.15, 0.2) is 0 Å². The lowest BCUT2D eigenvalue weighted by molar-refractivity contribution is -0.116. The van der Waals surface area contributed by atoms with Gasteiger partial charge in [-0.05, 0) is 75.1 Å². The summed E-state index contributed by atoms with van der Waals surface area (Å²) in [5.74, 6) is 0.815. The fourth-order valence-corrected chi connectivity index (χ4v) is 2.92. The Morgan fingerprint density at radius 2 is 1.75 bits per heavy atom. The Kier molecular flexibility index (Phi) is 4.14. The third-order valence-electron chi connectivity index (χ3n) is 4.74. The number of nitrogens with one attached hydrogen (secondary N) is 1. The van der Waals surface area contributed by atoms with Crippen molar-refractivity contribution in [2.75, 3.05) is 5.32 Å². The predicted molar refractivity (Wildman–Crippen MR) is 98.5 cm³/mol. The number of amides is 1. The molecule has 1 heterocycles. The average molecular weight is 321 g/mol. The van der Waals surface area contributed by atoms with Crippen LogP contribution in [0.4, 0.5) is 5.69 Å². The molecule has 0 aliphatic rings. The fourth-order valence-electron chi connectivity index (χ4n) is 2.92. The molecule has 0 aliphatic carbocycles. The van der Waals surface area contributed by atoms with E-state index >= 15 is 0 Å². The summed E-state index contributed by atoms with van der Waals surface area (Å²) < 4.78 is 1.97. The Hall–Kier alpha value is -2.62. The van der Waals surface area contributed by atoms with Crippen molar-refractivity contribution in [3.63, 3.8) is 0 Å². The zero-order valence-electron chi connectivity index (χ0n) is 14.9. The highest BCUT2D eigenvalue weighted by atomic mass is 16.1. The van der Waals surface area contributed by atoms with Crippen molar-refractivity contribution in [1.82, 2.24) is 9.55 Å². The molecule has 1 amide bonds. The van der Waals surface area contributed by atoms with Crippen molar-refractivity contribution < 1.29 is 4.79 Å². The molecule has 0 saturated heterocycles. The molecule has 0 saturated carbocycles. The van der Waals surface area contributed by atoms with Gasteiger partial charge in [-0.25, -0.2) is 4.98 Å². The van der Waals surface area contributed by atoms with Crippen molar-refractivity contribution in [3.8, 4) is 0 Å². The van der Waals surface area contributed by atoms with Crippen LogP contribution in [-0.4, -0.2) is 15.5 Å². The van der Waals surface area contributed by atoms with E-state index in [4.69, 9.17) is 0 Å². The molecule has 0 bridgehead atoms. The number of carbonyl (C=O) groups excluding carboxylic acids is 1. The molecule has 0 spiro atoms. The minimum absolute atomic E-state index is 0.0377. The van der Waals surface area contributed by atoms with E-state index < -0.39 is 0 Å². The van der Waals surface area contributed by atoms with Gasteiger partial charge >= 0.3 is 0 Å². The molecule has 4 heteroatoms. The maximum absolute atomic E-state index is 12.5. The van der Waals surface area contributed by atoms with Gasteiger partial charge in [-0.15, -0.1) is 0 Å². The molecule has 1 N–H and O–H groups in total. The molecule has 0 atom stereocenters. The highest BCUT2D eigenvalue weighted by molar-refractivity contribution is 5.92. The van der Waals surface area contributed by atoms with Gasteiger partial charge in [0.2, 0.25) is 5.91 Å². The van der Waals surface area contributed by atoms with Crippen LogP contribution >= 0.6 is 0 Å². The third kappa shape index (κ3) is 2.92.